The molecule has 1 atom stereocenters. The summed E-state index contributed by atoms with van der Waals surface area (Å²) < 4.78 is 6.81. The molecule has 1 N–H and O–H groups in total. The molecule has 0 aliphatic carbocycles. The zero-order chi connectivity index (χ0) is 23.5. The zero-order valence-corrected chi connectivity index (χ0v) is 19.6. The maximum Gasteiger partial charge on any atom is 0.337 e. The van der Waals surface area contributed by atoms with Crippen LogP contribution < -0.4 is 5.32 Å². The highest BCUT2D eigenvalue weighted by molar-refractivity contribution is 6.30. The molecule has 2 amide bonds. The Hall–Kier alpha value is -3.39. The monoisotopic (exact) mass is 467 g/mol. The average Bonchev–Trinajstić information content (AvgIpc) is 3.43. The van der Waals surface area contributed by atoms with Crippen LogP contribution in [0.15, 0.2) is 42.5 Å². The van der Waals surface area contributed by atoms with E-state index in [1.165, 1.54) is 7.11 Å². The molecule has 1 aliphatic rings. The van der Waals surface area contributed by atoms with Crippen LogP contribution in [0.2, 0.25) is 5.02 Å². The second-order valence-corrected chi connectivity index (χ2v) is 8.56. The quantitative estimate of drug-likeness (QED) is 0.547. The van der Waals surface area contributed by atoms with Crippen LogP contribution in [0.5, 0.6) is 0 Å². The van der Waals surface area contributed by atoms with Crippen LogP contribution in [0.25, 0.3) is 0 Å². The van der Waals surface area contributed by atoms with E-state index < -0.39 is 5.97 Å². The van der Waals surface area contributed by atoms with Gasteiger partial charge in [0.25, 0.3) is 0 Å². The number of hydrogen-bond acceptors (Lipinski definition) is 5. The van der Waals surface area contributed by atoms with Crippen molar-refractivity contribution in [1.29, 1.82) is 0 Å². The van der Waals surface area contributed by atoms with Crippen LogP contribution in [0.1, 0.15) is 52.0 Å². The van der Waals surface area contributed by atoms with Gasteiger partial charge in [-0.2, -0.15) is 0 Å². The normalized spacial score (nSPS) is 15.5. The van der Waals surface area contributed by atoms with E-state index in [1.807, 2.05) is 38.1 Å². The van der Waals surface area contributed by atoms with Gasteiger partial charge in [-0.1, -0.05) is 23.7 Å². The van der Waals surface area contributed by atoms with Gasteiger partial charge in [-0.15, -0.1) is 10.2 Å². The van der Waals surface area contributed by atoms with Gasteiger partial charge in [-0.3, -0.25) is 0 Å². The maximum atomic E-state index is 13.2. The molecule has 0 unspecified atom stereocenters. The Balaban J connectivity index is 1.53. The number of benzene rings is 2. The summed E-state index contributed by atoms with van der Waals surface area (Å²) in [6.45, 7) is 4.99. The van der Waals surface area contributed by atoms with E-state index in [9.17, 15) is 9.59 Å². The van der Waals surface area contributed by atoms with Gasteiger partial charge < -0.3 is 19.5 Å². The summed E-state index contributed by atoms with van der Waals surface area (Å²) in [4.78, 5) is 26.7. The lowest BCUT2D eigenvalue weighted by Gasteiger charge is -2.25. The molecule has 1 aromatic heterocycles. The SMILES string of the molecule is COC(=O)c1ccc(NC(=O)N2CCC[C@@H]2c2nnc(C)n2Cc2ccc(Cl)cc2)c(C)c1. The van der Waals surface area contributed by atoms with Crippen LogP contribution in [0.3, 0.4) is 0 Å². The maximum absolute atomic E-state index is 13.2. The van der Waals surface area contributed by atoms with Gasteiger partial charge in [-0.25, -0.2) is 9.59 Å². The van der Waals surface area contributed by atoms with E-state index in [2.05, 4.69) is 20.1 Å². The number of amides is 2. The number of carbonyl (C=O) groups excluding carboxylic acids is 2. The largest absolute Gasteiger partial charge is 0.465 e. The third kappa shape index (κ3) is 4.85. The Kier molecular flexibility index (Phi) is 6.65. The van der Waals surface area contributed by atoms with Gasteiger partial charge in [-0.05, 0) is 68.1 Å². The summed E-state index contributed by atoms with van der Waals surface area (Å²) >= 11 is 6.02. The van der Waals surface area contributed by atoms with Crippen LogP contribution in [0, 0.1) is 13.8 Å². The predicted molar refractivity (Wildman–Crippen MR) is 126 cm³/mol. The molecular weight excluding hydrogens is 442 g/mol. The summed E-state index contributed by atoms with van der Waals surface area (Å²) in [5, 5.41) is 12.4. The molecular formula is C24H26ClN5O3. The minimum Gasteiger partial charge on any atom is -0.465 e. The van der Waals surface area contributed by atoms with Gasteiger partial charge in [0, 0.05) is 17.3 Å². The fourth-order valence-electron chi connectivity index (χ4n) is 4.13. The molecule has 0 bridgehead atoms. The van der Waals surface area contributed by atoms with Gasteiger partial charge in [0.1, 0.15) is 5.82 Å². The van der Waals surface area contributed by atoms with Crippen LogP contribution in [0.4, 0.5) is 10.5 Å². The number of carbonyl (C=O) groups is 2. The Labute approximate surface area is 197 Å². The highest BCUT2D eigenvalue weighted by Gasteiger charge is 2.34. The Morgan fingerprint density at radius 3 is 2.61 bits per heavy atom. The Morgan fingerprint density at radius 1 is 1.15 bits per heavy atom. The summed E-state index contributed by atoms with van der Waals surface area (Å²) in [5.41, 5.74) is 2.96. The van der Waals surface area contributed by atoms with E-state index in [0.29, 0.717) is 29.4 Å². The number of nitrogens with one attached hydrogen (secondary N) is 1. The molecule has 2 heterocycles. The van der Waals surface area contributed by atoms with Crippen molar-refractivity contribution in [3.8, 4) is 0 Å². The number of anilines is 1. The molecule has 8 nitrogen and oxygen atoms in total. The molecule has 4 rings (SSSR count). The number of hydrogen-bond donors (Lipinski definition) is 1. The first-order chi connectivity index (χ1) is 15.9. The fourth-order valence-corrected chi connectivity index (χ4v) is 4.25. The van der Waals surface area contributed by atoms with E-state index in [0.717, 1.165) is 35.6 Å². The van der Waals surface area contributed by atoms with Gasteiger partial charge in [0.15, 0.2) is 5.82 Å². The molecule has 1 fully saturated rings. The van der Waals surface area contributed by atoms with Crippen molar-refractivity contribution in [3.63, 3.8) is 0 Å². The van der Waals surface area contributed by atoms with Crippen LogP contribution in [-0.4, -0.2) is 45.3 Å². The number of nitrogens with zero attached hydrogens (tertiary/aromatic N) is 4. The van der Waals surface area contributed by atoms with E-state index >= 15 is 0 Å². The molecule has 33 heavy (non-hydrogen) atoms. The van der Waals surface area contributed by atoms with Crippen molar-refractivity contribution in [1.82, 2.24) is 19.7 Å². The number of rotatable bonds is 5. The Bertz CT molecular complexity index is 1180. The average molecular weight is 468 g/mol. The topological polar surface area (TPSA) is 89.3 Å². The lowest BCUT2D eigenvalue weighted by Crippen LogP contribution is -2.35. The van der Waals surface area contributed by atoms with E-state index in [4.69, 9.17) is 16.3 Å². The molecule has 1 aliphatic heterocycles. The number of aryl methyl sites for hydroxylation is 2. The number of halogens is 1. The first-order valence-electron chi connectivity index (χ1n) is 10.8. The van der Waals surface area contributed by atoms with Crippen molar-refractivity contribution >= 4 is 29.3 Å². The van der Waals surface area contributed by atoms with Crippen molar-refractivity contribution in [2.24, 2.45) is 0 Å². The lowest BCUT2D eigenvalue weighted by molar-refractivity contribution is 0.0600. The molecule has 2 aromatic carbocycles. The molecule has 172 valence electrons. The highest BCUT2D eigenvalue weighted by atomic mass is 35.5. The highest BCUT2D eigenvalue weighted by Crippen LogP contribution is 2.32. The third-order valence-corrected chi connectivity index (χ3v) is 6.17. The molecule has 0 radical (unpaired) electrons. The van der Waals surface area contributed by atoms with Crippen molar-refractivity contribution < 1.29 is 14.3 Å². The second kappa shape index (κ2) is 9.62. The summed E-state index contributed by atoms with van der Waals surface area (Å²) in [5.74, 6) is 1.15. The molecule has 9 heteroatoms. The van der Waals surface area contributed by atoms with E-state index in [-0.39, 0.29) is 12.1 Å². The first-order valence-corrected chi connectivity index (χ1v) is 11.2. The number of urea groups is 1. The number of aromatic nitrogens is 3. The molecule has 3 aromatic rings. The van der Waals surface area contributed by atoms with Gasteiger partial charge >= 0.3 is 12.0 Å². The van der Waals surface area contributed by atoms with Crippen molar-refractivity contribution in [2.75, 3.05) is 19.0 Å². The van der Waals surface area contributed by atoms with Crippen molar-refractivity contribution in [2.45, 2.75) is 39.3 Å². The van der Waals surface area contributed by atoms with Gasteiger partial charge in [0.2, 0.25) is 0 Å². The molecule has 0 saturated carbocycles. The Morgan fingerprint density at radius 2 is 1.91 bits per heavy atom. The number of esters is 1. The number of methoxy groups -OCH3 is 1. The lowest BCUT2D eigenvalue weighted by atomic mass is 10.1. The standard InChI is InChI=1S/C24H26ClN5O3/c1-15-13-18(23(31)33-3)8-11-20(15)26-24(32)29-12-4-5-21(29)22-28-27-16(2)30(22)14-17-6-9-19(25)10-7-17/h6-11,13,21H,4-5,12,14H2,1-3H3,(H,26,32)/t21-/m1/s1. The predicted octanol–water partition coefficient (Wildman–Crippen LogP) is 4.75. The van der Waals surface area contributed by atoms with E-state index in [1.54, 1.807) is 23.1 Å². The second-order valence-electron chi connectivity index (χ2n) is 8.12. The third-order valence-electron chi connectivity index (χ3n) is 5.92. The number of likely N-dealkylation sites (tertiary alicyclic amines) is 1. The summed E-state index contributed by atoms with van der Waals surface area (Å²) in [7, 11) is 1.34. The van der Waals surface area contributed by atoms with Gasteiger partial charge in [0.05, 0.1) is 25.3 Å². The summed E-state index contributed by atoms with van der Waals surface area (Å²) in [6, 6.07) is 12.4. The molecule has 1 saturated heterocycles. The van der Waals surface area contributed by atoms with Crippen molar-refractivity contribution in [3.05, 3.63) is 75.8 Å². The molecule has 0 spiro atoms. The first kappa shape index (κ1) is 22.8. The van der Waals surface area contributed by atoms with Crippen LogP contribution in [-0.2, 0) is 11.3 Å². The van der Waals surface area contributed by atoms with Crippen LogP contribution >= 0.6 is 11.6 Å². The summed E-state index contributed by atoms with van der Waals surface area (Å²) in [6.07, 6.45) is 1.69. The fraction of sp³-hybridized carbons (Fsp3) is 0.333. The zero-order valence-electron chi connectivity index (χ0n) is 18.8. The minimum absolute atomic E-state index is 0.173. The smallest absolute Gasteiger partial charge is 0.337 e. The number of ether oxygens (including phenoxy) is 1. The minimum atomic E-state index is -0.411.